The van der Waals surface area contributed by atoms with Crippen LogP contribution in [0.1, 0.15) is 18.4 Å². The summed E-state index contributed by atoms with van der Waals surface area (Å²) >= 11 is 0. The maximum Gasteiger partial charge on any atom is 0.322 e. The van der Waals surface area contributed by atoms with Crippen LogP contribution < -0.4 is 10.6 Å². The molecule has 1 heterocycles. The van der Waals surface area contributed by atoms with Gasteiger partial charge in [-0.05, 0) is 37.0 Å². The van der Waals surface area contributed by atoms with E-state index in [4.69, 9.17) is 5.11 Å². The quantitative estimate of drug-likeness (QED) is 0.709. The highest BCUT2D eigenvalue weighted by Gasteiger charge is 2.62. The van der Waals surface area contributed by atoms with Gasteiger partial charge in [0.25, 0.3) is 5.91 Å². The van der Waals surface area contributed by atoms with Crippen LogP contribution in [0.5, 0.6) is 0 Å². The lowest BCUT2D eigenvalue weighted by Crippen LogP contribution is -2.50. The Morgan fingerprint density at radius 3 is 2.57 bits per heavy atom. The van der Waals surface area contributed by atoms with Crippen molar-refractivity contribution in [3.63, 3.8) is 0 Å². The number of imide groups is 1. The van der Waals surface area contributed by atoms with Crippen LogP contribution in [0, 0.1) is 23.5 Å². The molecule has 2 aliphatic rings. The first-order valence-electron chi connectivity index (χ1n) is 7.14. The number of aliphatic carboxylic acids is 1. The molecular formula is C15H14F2N2O4. The number of hydrogen-bond donors (Lipinski definition) is 3. The van der Waals surface area contributed by atoms with Gasteiger partial charge in [-0.1, -0.05) is 6.07 Å². The summed E-state index contributed by atoms with van der Waals surface area (Å²) in [5.41, 5.74) is -0.852. The largest absolute Gasteiger partial charge is 0.481 e. The molecule has 8 heteroatoms. The van der Waals surface area contributed by atoms with Gasteiger partial charge in [0.2, 0.25) is 0 Å². The number of nitrogens with one attached hydrogen (secondary N) is 2. The van der Waals surface area contributed by atoms with Crippen molar-refractivity contribution in [2.45, 2.75) is 24.8 Å². The molecule has 0 radical (unpaired) electrons. The molecule has 0 spiro atoms. The van der Waals surface area contributed by atoms with Crippen LogP contribution in [0.2, 0.25) is 0 Å². The van der Waals surface area contributed by atoms with E-state index < -0.39 is 46.9 Å². The first-order chi connectivity index (χ1) is 10.8. The van der Waals surface area contributed by atoms with Gasteiger partial charge in [0.1, 0.15) is 5.54 Å². The van der Waals surface area contributed by atoms with Crippen LogP contribution in [0.15, 0.2) is 18.2 Å². The fraction of sp³-hybridized carbons (Fsp3) is 0.400. The molecule has 1 aromatic carbocycles. The molecule has 3 N–H and O–H groups in total. The number of carbonyl (C=O) groups excluding carboxylic acids is 2. The molecule has 6 nitrogen and oxygen atoms in total. The summed E-state index contributed by atoms with van der Waals surface area (Å²) in [4.78, 5) is 34.7. The highest BCUT2D eigenvalue weighted by Crippen LogP contribution is 2.49. The first-order valence-corrected chi connectivity index (χ1v) is 7.14. The summed E-state index contributed by atoms with van der Waals surface area (Å²) < 4.78 is 26.2. The molecule has 1 aromatic rings. The second-order valence-corrected chi connectivity index (χ2v) is 5.91. The number of amides is 3. The van der Waals surface area contributed by atoms with E-state index in [1.165, 1.54) is 6.07 Å². The first kappa shape index (κ1) is 15.4. The zero-order valence-electron chi connectivity index (χ0n) is 11.9. The van der Waals surface area contributed by atoms with Gasteiger partial charge in [0, 0.05) is 5.92 Å². The minimum atomic E-state index is -1.31. The number of aryl methyl sites for hydroxylation is 1. The van der Waals surface area contributed by atoms with E-state index in [1.807, 2.05) is 0 Å². The summed E-state index contributed by atoms with van der Waals surface area (Å²) in [6.45, 7) is 0. The SMILES string of the molecule is O=C1NC(=O)C(CCc2ccc(F)c(F)c2)([C@H]2C[C@@H]2C(=O)O)N1. The average Bonchev–Trinajstić information content (AvgIpc) is 3.23. The molecule has 1 saturated carbocycles. The fourth-order valence-corrected chi connectivity index (χ4v) is 3.18. The van der Waals surface area contributed by atoms with E-state index in [0.717, 1.165) is 12.1 Å². The van der Waals surface area contributed by atoms with Gasteiger partial charge in [0.15, 0.2) is 11.6 Å². The minimum Gasteiger partial charge on any atom is -0.481 e. The average molecular weight is 324 g/mol. The summed E-state index contributed by atoms with van der Waals surface area (Å²) in [6.07, 6.45) is 0.610. The predicted molar refractivity (Wildman–Crippen MR) is 73.3 cm³/mol. The van der Waals surface area contributed by atoms with E-state index in [0.29, 0.717) is 12.0 Å². The van der Waals surface area contributed by atoms with Crippen LogP contribution in [0.4, 0.5) is 13.6 Å². The van der Waals surface area contributed by atoms with E-state index in [2.05, 4.69) is 10.6 Å². The zero-order valence-corrected chi connectivity index (χ0v) is 11.9. The molecule has 1 aliphatic carbocycles. The third kappa shape index (κ3) is 2.64. The van der Waals surface area contributed by atoms with E-state index in [-0.39, 0.29) is 12.8 Å². The van der Waals surface area contributed by atoms with Crippen molar-refractivity contribution in [1.29, 1.82) is 0 Å². The molecule has 3 atom stereocenters. The van der Waals surface area contributed by atoms with E-state index in [9.17, 15) is 23.2 Å². The predicted octanol–water partition coefficient (Wildman–Crippen LogP) is 1.20. The Morgan fingerprint density at radius 1 is 1.30 bits per heavy atom. The Labute approximate surface area is 129 Å². The third-order valence-corrected chi connectivity index (χ3v) is 4.50. The number of rotatable bonds is 5. The smallest absolute Gasteiger partial charge is 0.322 e. The second kappa shape index (κ2) is 5.29. The molecule has 3 rings (SSSR count). The molecule has 1 saturated heterocycles. The van der Waals surface area contributed by atoms with Crippen molar-refractivity contribution in [3.05, 3.63) is 35.4 Å². The Kier molecular flexibility index (Phi) is 3.54. The van der Waals surface area contributed by atoms with Crippen LogP contribution >= 0.6 is 0 Å². The van der Waals surface area contributed by atoms with E-state index >= 15 is 0 Å². The van der Waals surface area contributed by atoms with Crippen molar-refractivity contribution < 1.29 is 28.3 Å². The van der Waals surface area contributed by atoms with Crippen LogP contribution in [-0.4, -0.2) is 28.6 Å². The van der Waals surface area contributed by atoms with Gasteiger partial charge >= 0.3 is 12.0 Å². The van der Waals surface area contributed by atoms with Gasteiger partial charge in [-0.2, -0.15) is 0 Å². The summed E-state index contributed by atoms with van der Waals surface area (Å²) in [7, 11) is 0. The zero-order chi connectivity index (χ0) is 16.8. The van der Waals surface area contributed by atoms with Gasteiger partial charge in [-0.25, -0.2) is 13.6 Å². The van der Waals surface area contributed by atoms with Crippen molar-refractivity contribution in [2.24, 2.45) is 11.8 Å². The van der Waals surface area contributed by atoms with Crippen molar-refractivity contribution >= 4 is 17.9 Å². The molecule has 2 fully saturated rings. The number of hydrogen-bond acceptors (Lipinski definition) is 3. The number of carboxylic acid groups (broad SMARTS) is 1. The maximum atomic E-state index is 13.3. The Bertz CT molecular complexity index is 709. The van der Waals surface area contributed by atoms with E-state index in [1.54, 1.807) is 0 Å². The normalized spacial score (nSPS) is 29.1. The van der Waals surface area contributed by atoms with Crippen LogP contribution in [0.25, 0.3) is 0 Å². The lowest BCUT2D eigenvalue weighted by atomic mass is 9.85. The Balaban J connectivity index is 1.80. The monoisotopic (exact) mass is 324 g/mol. The minimum absolute atomic E-state index is 0.115. The number of urea groups is 1. The highest BCUT2D eigenvalue weighted by molar-refractivity contribution is 6.07. The molecule has 1 aliphatic heterocycles. The summed E-state index contributed by atoms with van der Waals surface area (Å²) in [5, 5.41) is 13.7. The number of carboxylic acids is 1. The Morgan fingerprint density at radius 2 is 2.04 bits per heavy atom. The van der Waals surface area contributed by atoms with Gasteiger partial charge in [0.05, 0.1) is 5.92 Å². The van der Waals surface area contributed by atoms with Crippen molar-refractivity contribution in [3.8, 4) is 0 Å². The lowest BCUT2D eigenvalue weighted by molar-refractivity contribution is -0.139. The van der Waals surface area contributed by atoms with Gasteiger partial charge in [-0.3, -0.25) is 14.9 Å². The van der Waals surface area contributed by atoms with Crippen molar-refractivity contribution in [2.75, 3.05) is 0 Å². The second-order valence-electron chi connectivity index (χ2n) is 5.91. The van der Waals surface area contributed by atoms with Gasteiger partial charge < -0.3 is 10.4 Å². The molecule has 23 heavy (non-hydrogen) atoms. The highest BCUT2D eigenvalue weighted by atomic mass is 19.2. The Hall–Kier alpha value is -2.51. The molecule has 1 unspecified atom stereocenters. The van der Waals surface area contributed by atoms with Crippen LogP contribution in [0.3, 0.4) is 0 Å². The molecule has 122 valence electrons. The molecule has 0 bridgehead atoms. The van der Waals surface area contributed by atoms with Crippen molar-refractivity contribution in [1.82, 2.24) is 10.6 Å². The maximum absolute atomic E-state index is 13.3. The number of halogens is 2. The number of carbonyl (C=O) groups is 3. The van der Waals surface area contributed by atoms with Crippen LogP contribution in [-0.2, 0) is 16.0 Å². The van der Waals surface area contributed by atoms with Gasteiger partial charge in [-0.15, -0.1) is 0 Å². The molecule has 0 aromatic heterocycles. The fourth-order valence-electron chi connectivity index (χ4n) is 3.18. The molecule has 3 amide bonds. The molecular weight excluding hydrogens is 310 g/mol. The topological polar surface area (TPSA) is 95.5 Å². The number of benzene rings is 1. The third-order valence-electron chi connectivity index (χ3n) is 4.50. The summed E-state index contributed by atoms with van der Waals surface area (Å²) in [5.74, 6) is -4.74. The lowest BCUT2D eigenvalue weighted by Gasteiger charge is -2.26. The standard InChI is InChI=1S/C15H14F2N2O4/c16-10-2-1-7(5-11(10)17)3-4-15(9-6-8(9)12(20)21)13(22)18-14(23)19-15/h1-2,5,8-9H,3-4,6H2,(H,20,21)(H2,18,19,22,23)/t8-,9-,15?/m0/s1. The summed E-state index contributed by atoms with van der Waals surface area (Å²) in [6, 6.07) is 2.74.